The summed E-state index contributed by atoms with van der Waals surface area (Å²) in [6, 6.07) is 0. The standard InChI is InChI=1S/C8H8O4/c9-4-6-1-2-8(10)7(3-6)11-5-12-8/h1-4,7,10H,5H2. The SMILES string of the molecule is O=CC1=CC2OCOC2(O)C=C1. The normalized spacial score (nSPS) is 39.1. The van der Waals surface area contributed by atoms with Crippen molar-refractivity contribution in [3.8, 4) is 0 Å². The molecule has 0 aromatic carbocycles. The van der Waals surface area contributed by atoms with E-state index in [1.54, 1.807) is 6.08 Å². The van der Waals surface area contributed by atoms with E-state index in [-0.39, 0.29) is 6.79 Å². The zero-order valence-electron chi connectivity index (χ0n) is 6.27. The van der Waals surface area contributed by atoms with E-state index >= 15 is 0 Å². The van der Waals surface area contributed by atoms with Gasteiger partial charge < -0.3 is 14.6 Å². The Hall–Kier alpha value is -0.970. The summed E-state index contributed by atoms with van der Waals surface area (Å²) >= 11 is 0. The molecular weight excluding hydrogens is 160 g/mol. The molecule has 2 atom stereocenters. The van der Waals surface area contributed by atoms with E-state index in [1.165, 1.54) is 12.2 Å². The topological polar surface area (TPSA) is 55.8 Å². The molecule has 0 amide bonds. The lowest BCUT2D eigenvalue weighted by molar-refractivity contribution is -0.133. The molecule has 0 radical (unpaired) electrons. The number of allylic oxidation sites excluding steroid dienone is 2. The van der Waals surface area contributed by atoms with Crippen molar-refractivity contribution in [3.63, 3.8) is 0 Å². The number of aldehydes is 1. The molecule has 1 heterocycles. The Morgan fingerprint density at radius 2 is 2.58 bits per heavy atom. The maximum absolute atomic E-state index is 10.4. The van der Waals surface area contributed by atoms with Gasteiger partial charge in [-0.2, -0.15) is 0 Å². The number of rotatable bonds is 1. The van der Waals surface area contributed by atoms with Crippen LogP contribution in [-0.4, -0.2) is 30.1 Å². The van der Waals surface area contributed by atoms with Crippen molar-refractivity contribution in [3.05, 3.63) is 23.8 Å². The molecule has 0 saturated carbocycles. The number of aliphatic hydroxyl groups is 1. The van der Waals surface area contributed by atoms with Crippen LogP contribution in [-0.2, 0) is 14.3 Å². The Bertz CT molecular complexity index is 268. The number of fused-ring (bicyclic) bond motifs is 1. The second-order valence-electron chi connectivity index (χ2n) is 2.72. The zero-order valence-corrected chi connectivity index (χ0v) is 6.27. The molecule has 0 aromatic heterocycles. The summed E-state index contributed by atoms with van der Waals surface area (Å²) in [5, 5.41) is 9.63. The molecule has 4 nitrogen and oxygen atoms in total. The van der Waals surface area contributed by atoms with E-state index in [0.717, 1.165) is 0 Å². The predicted molar refractivity (Wildman–Crippen MR) is 39.1 cm³/mol. The molecule has 4 heteroatoms. The number of ether oxygens (including phenoxy) is 2. The second kappa shape index (κ2) is 2.52. The number of hydrogen-bond donors (Lipinski definition) is 1. The highest BCUT2D eigenvalue weighted by atomic mass is 16.8. The van der Waals surface area contributed by atoms with Gasteiger partial charge in [-0.3, -0.25) is 4.79 Å². The quantitative estimate of drug-likeness (QED) is 0.548. The van der Waals surface area contributed by atoms with Gasteiger partial charge >= 0.3 is 0 Å². The average Bonchev–Trinajstić information content (AvgIpc) is 2.45. The van der Waals surface area contributed by atoms with Gasteiger partial charge in [0.15, 0.2) is 6.79 Å². The predicted octanol–water partition coefficient (Wildman–Crippen LogP) is -0.257. The van der Waals surface area contributed by atoms with Gasteiger partial charge in [0.25, 0.3) is 0 Å². The first-order valence-corrected chi connectivity index (χ1v) is 3.59. The number of carbonyl (C=O) groups is 1. The average molecular weight is 168 g/mol. The van der Waals surface area contributed by atoms with Crippen LogP contribution in [0, 0.1) is 0 Å². The first kappa shape index (κ1) is 7.67. The molecule has 0 spiro atoms. The minimum atomic E-state index is -1.37. The lowest BCUT2D eigenvalue weighted by atomic mass is 10.0. The summed E-state index contributed by atoms with van der Waals surface area (Å²) in [6.07, 6.45) is 4.63. The number of hydrogen-bond acceptors (Lipinski definition) is 4. The lowest BCUT2D eigenvalue weighted by Crippen LogP contribution is -2.38. The Kier molecular flexibility index (Phi) is 1.61. The van der Waals surface area contributed by atoms with Crippen molar-refractivity contribution in [2.24, 2.45) is 0 Å². The van der Waals surface area contributed by atoms with Gasteiger partial charge in [-0.05, 0) is 12.2 Å². The van der Waals surface area contributed by atoms with E-state index in [9.17, 15) is 9.90 Å². The van der Waals surface area contributed by atoms with Crippen LogP contribution >= 0.6 is 0 Å². The highest BCUT2D eigenvalue weighted by molar-refractivity contribution is 5.78. The molecule has 2 aliphatic rings. The first-order valence-electron chi connectivity index (χ1n) is 3.59. The fourth-order valence-electron chi connectivity index (χ4n) is 1.24. The van der Waals surface area contributed by atoms with Gasteiger partial charge in [-0.15, -0.1) is 0 Å². The molecule has 64 valence electrons. The lowest BCUT2D eigenvalue weighted by Gasteiger charge is -2.23. The van der Waals surface area contributed by atoms with Crippen molar-refractivity contribution in [2.75, 3.05) is 6.79 Å². The maximum Gasteiger partial charge on any atom is 0.218 e. The first-order chi connectivity index (χ1) is 5.74. The summed E-state index contributed by atoms with van der Waals surface area (Å²) < 4.78 is 9.96. The van der Waals surface area contributed by atoms with Gasteiger partial charge in [0, 0.05) is 5.57 Å². The van der Waals surface area contributed by atoms with Crippen molar-refractivity contribution in [1.29, 1.82) is 0 Å². The van der Waals surface area contributed by atoms with Crippen LogP contribution in [0.1, 0.15) is 0 Å². The van der Waals surface area contributed by atoms with Crippen LogP contribution < -0.4 is 0 Å². The van der Waals surface area contributed by atoms with Crippen molar-refractivity contribution in [1.82, 2.24) is 0 Å². The Labute approximate surface area is 69.1 Å². The third-order valence-electron chi connectivity index (χ3n) is 1.94. The molecule has 1 aliphatic heterocycles. The second-order valence-corrected chi connectivity index (χ2v) is 2.72. The van der Waals surface area contributed by atoms with Gasteiger partial charge in [-0.25, -0.2) is 0 Å². The molecule has 2 rings (SSSR count). The monoisotopic (exact) mass is 168 g/mol. The van der Waals surface area contributed by atoms with E-state index in [0.29, 0.717) is 11.9 Å². The third-order valence-corrected chi connectivity index (χ3v) is 1.94. The van der Waals surface area contributed by atoms with Gasteiger partial charge in [0.05, 0.1) is 0 Å². The molecule has 1 saturated heterocycles. The molecule has 12 heavy (non-hydrogen) atoms. The highest BCUT2D eigenvalue weighted by Crippen LogP contribution is 2.29. The third kappa shape index (κ3) is 1.01. The largest absolute Gasteiger partial charge is 0.360 e. The van der Waals surface area contributed by atoms with Gasteiger partial charge in [-0.1, -0.05) is 6.08 Å². The Morgan fingerprint density at radius 3 is 3.33 bits per heavy atom. The number of carbonyl (C=O) groups excluding carboxylic acids is 1. The van der Waals surface area contributed by atoms with E-state index in [2.05, 4.69) is 0 Å². The van der Waals surface area contributed by atoms with Crippen molar-refractivity contribution >= 4 is 6.29 Å². The van der Waals surface area contributed by atoms with Gasteiger partial charge in [0.1, 0.15) is 12.4 Å². The van der Waals surface area contributed by atoms with Crippen LogP contribution in [0.25, 0.3) is 0 Å². The maximum atomic E-state index is 10.4. The molecular formula is C8H8O4. The highest BCUT2D eigenvalue weighted by Gasteiger charge is 2.42. The van der Waals surface area contributed by atoms with Crippen LogP contribution in [0.5, 0.6) is 0 Å². The summed E-state index contributed by atoms with van der Waals surface area (Å²) in [4.78, 5) is 10.4. The van der Waals surface area contributed by atoms with Crippen molar-refractivity contribution < 1.29 is 19.4 Å². The van der Waals surface area contributed by atoms with Crippen LogP contribution in [0.4, 0.5) is 0 Å². The molecule has 0 aromatic rings. The Balaban J connectivity index is 2.30. The molecule has 2 unspecified atom stereocenters. The molecule has 1 N–H and O–H groups in total. The molecule has 1 fully saturated rings. The summed E-state index contributed by atoms with van der Waals surface area (Å²) in [6.45, 7) is 0.0497. The zero-order chi connectivity index (χ0) is 8.60. The van der Waals surface area contributed by atoms with E-state index in [4.69, 9.17) is 9.47 Å². The van der Waals surface area contributed by atoms with Crippen LogP contribution in [0.3, 0.4) is 0 Å². The smallest absolute Gasteiger partial charge is 0.218 e. The Morgan fingerprint density at radius 1 is 1.75 bits per heavy atom. The van der Waals surface area contributed by atoms with E-state index < -0.39 is 11.9 Å². The van der Waals surface area contributed by atoms with E-state index in [1.807, 2.05) is 0 Å². The van der Waals surface area contributed by atoms with Crippen LogP contribution in [0.15, 0.2) is 23.8 Å². The van der Waals surface area contributed by atoms with Crippen molar-refractivity contribution in [2.45, 2.75) is 11.9 Å². The summed E-state index contributed by atoms with van der Waals surface area (Å²) in [5.41, 5.74) is 0.496. The minimum Gasteiger partial charge on any atom is -0.360 e. The minimum absolute atomic E-state index is 0.0497. The van der Waals surface area contributed by atoms with Gasteiger partial charge in [0.2, 0.25) is 5.79 Å². The fourth-order valence-corrected chi connectivity index (χ4v) is 1.24. The molecule has 1 aliphatic carbocycles. The summed E-state index contributed by atoms with van der Waals surface area (Å²) in [7, 11) is 0. The van der Waals surface area contributed by atoms with Crippen LogP contribution in [0.2, 0.25) is 0 Å². The molecule has 0 bridgehead atoms. The fraction of sp³-hybridized carbons (Fsp3) is 0.375. The summed E-state index contributed by atoms with van der Waals surface area (Å²) in [5.74, 6) is -1.37.